The summed E-state index contributed by atoms with van der Waals surface area (Å²) in [7, 11) is 1.40. The number of aryl methyl sites for hydroxylation is 1. The Morgan fingerprint density at radius 3 is 2.74 bits per heavy atom. The molecule has 5 nitrogen and oxygen atoms in total. The number of Topliss-reactive ketones (excluding diaryl/α,β-unsaturated/α-hetero) is 1. The summed E-state index contributed by atoms with van der Waals surface area (Å²) in [5.41, 5.74) is 3.16. The topological polar surface area (TPSA) is 83.8 Å². The van der Waals surface area contributed by atoms with Crippen LogP contribution in [0, 0.1) is 5.92 Å². The Labute approximate surface area is 160 Å². The van der Waals surface area contributed by atoms with E-state index in [2.05, 4.69) is 10.8 Å². The van der Waals surface area contributed by atoms with E-state index >= 15 is 0 Å². The summed E-state index contributed by atoms with van der Waals surface area (Å²) in [6.07, 6.45) is 5.70. The van der Waals surface area contributed by atoms with Crippen molar-refractivity contribution in [1.29, 1.82) is 0 Å². The molecule has 27 heavy (non-hydrogen) atoms. The summed E-state index contributed by atoms with van der Waals surface area (Å²) in [4.78, 5) is 23.6. The van der Waals surface area contributed by atoms with Gasteiger partial charge in [-0.2, -0.15) is 0 Å². The lowest BCUT2D eigenvalue weighted by molar-refractivity contribution is -0.140. The Balaban J connectivity index is 1.57. The van der Waals surface area contributed by atoms with Gasteiger partial charge in [0.25, 0.3) is 0 Å². The fourth-order valence-corrected chi connectivity index (χ4v) is 4.66. The number of methoxy groups -OCH3 is 1. The molecule has 0 radical (unpaired) electrons. The Bertz CT molecular complexity index is 683. The van der Waals surface area contributed by atoms with Crippen molar-refractivity contribution in [3.8, 4) is 0 Å². The molecular formula is C22H30O5. The van der Waals surface area contributed by atoms with Gasteiger partial charge in [-0.3, -0.25) is 9.59 Å². The number of hydrogen-bond acceptors (Lipinski definition) is 5. The molecule has 0 spiro atoms. The molecule has 4 unspecified atom stereocenters. The van der Waals surface area contributed by atoms with Gasteiger partial charge in [0, 0.05) is 24.7 Å². The number of aliphatic hydroxyl groups excluding tert-OH is 2. The second kappa shape index (κ2) is 8.98. The van der Waals surface area contributed by atoms with Crippen molar-refractivity contribution in [1.82, 2.24) is 0 Å². The molecule has 1 saturated carbocycles. The van der Waals surface area contributed by atoms with Crippen molar-refractivity contribution >= 4 is 11.8 Å². The smallest absolute Gasteiger partial charge is 0.305 e. The average molecular weight is 374 g/mol. The first-order valence-electron chi connectivity index (χ1n) is 10.1. The van der Waals surface area contributed by atoms with Gasteiger partial charge in [0.2, 0.25) is 0 Å². The highest BCUT2D eigenvalue weighted by Gasteiger charge is 2.42. The van der Waals surface area contributed by atoms with Gasteiger partial charge in [-0.1, -0.05) is 37.5 Å². The van der Waals surface area contributed by atoms with Crippen molar-refractivity contribution in [2.45, 2.75) is 75.9 Å². The number of esters is 1. The number of unbranched alkanes of at least 4 members (excludes halogenated alkanes) is 3. The molecule has 0 aliphatic heterocycles. The molecule has 3 rings (SSSR count). The zero-order valence-corrected chi connectivity index (χ0v) is 16.0. The first-order valence-corrected chi connectivity index (χ1v) is 10.1. The summed E-state index contributed by atoms with van der Waals surface area (Å²) >= 11 is 0. The second-order valence-electron chi connectivity index (χ2n) is 7.91. The SMILES string of the molecule is COC(=O)CCCCCCC1C(=O)CC(O)C1c1ccc2c(c1)CCC2O. The molecule has 0 aromatic heterocycles. The van der Waals surface area contributed by atoms with Crippen molar-refractivity contribution in [2.75, 3.05) is 7.11 Å². The highest BCUT2D eigenvalue weighted by molar-refractivity contribution is 5.85. The lowest BCUT2D eigenvalue weighted by Gasteiger charge is -2.22. The Morgan fingerprint density at radius 2 is 1.96 bits per heavy atom. The van der Waals surface area contributed by atoms with Crippen LogP contribution in [0.15, 0.2) is 18.2 Å². The maximum absolute atomic E-state index is 12.4. The van der Waals surface area contributed by atoms with Crippen LogP contribution in [0.25, 0.3) is 0 Å². The monoisotopic (exact) mass is 374 g/mol. The van der Waals surface area contributed by atoms with E-state index in [1.165, 1.54) is 7.11 Å². The molecule has 2 N–H and O–H groups in total. The van der Waals surface area contributed by atoms with E-state index < -0.39 is 6.10 Å². The second-order valence-corrected chi connectivity index (χ2v) is 7.91. The van der Waals surface area contributed by atoms with Gasteiger partial charge < -0.3 is 14.9 Å². The summed E-state index contributed by atoms with van der Waals surface area (Å²) in [6, 6.07) is 6.02. The molecule has 148 valence electrons. The molecule has 0 bridgehead atoms. The van der Waals surface area contributed by atoms with Crippen molar-refractivity contribution in [3.63, 3.8) is 0 Å². The van der Waals surface area contributed by atoms with Crippen LogP contribution < -0.4 is 0 Å². The molecule has 5 heteroatoms. The van der Waals surface area contributed by atoms with E-state index in [4.69, 9.17) is 0 Å². The van der Waals surface area contributed by atoms with Crippen molar-refractivity contribution in [2.24, 2.45) is 5.92 Å². The standard InChI is InChI=1S/C22H30O5/c1-27-21(26)7-5-3-2-4-6-17-19(24)13-20(25)22(17)15-8-10-16-14(12-15)9-11-18(16)23/h8,10,12,17-18,20,22-23,25H,2-7,9,11,13H2,1H3. The number of rotatable bonds is 8. The van der Waals surface area contributed by atoms with E-state index in [1.807, 2.05) is 12.1 Å². The number of ketones is 1. The van der Waals surface area contributed by atoms with Crippen molar-refractivity contribution < 1.29 is 24.5 Å². The van der Waals surface area contributed by atoms with Gasteiger partial charge in [-0.05, 0) is 42.4 Å². The lowest BCUT2D eigenvalue weighted by atomic mass is 9.83. The molecule has 4 atom stereocenters. The number of hydrogen-bond donors (Lipinski definition) is 2. The predicted octanol–water partition coefficient (Wildman–Crippen LogP) is 3.21. The van der Waals surface area contributed by atoms with Crippen LogP contribution in [0.4, 0.5) is 0 Å². The molecule has 2 aliphatic carbocycles. The third-order valence-electron chi connectivity index (χ3n) is 6.14. The van der Waals surface area contributed by atoms with E-state index in [1.54, 1.807) is 0 Å². The number of benzene rings is 1. The maximum Gasteiger partial charge on any atom is 0.305 e. The van der Waals surface area contributed by atoms with E-state index in [0.29, 0.717) is 6.42 Å². The van der Waals surface area contributed by atoms with Gasteiger partial charge in [0.15, 0.2) is 0 Å². The summed E-state index contributed by atoms with van der Waals surface area (Å²) < 4.78 is 4.64. The largest absolute Gasteiger partial charge is 0.469 e. The molecule has 0 heterocycles. The zero-order valence-electron chi connectivity index (χ0n) is 16.0. The molecule has 1 aromatic carbocycles. The Hall–Kier alpha value is -1.72. The summed E-state index contributed by atoms with van der Waals surface area (Å²) in [6.45, 7) is 0. The quantitative estimate of drug-likeness (QED) is 0.539. The van der Waals surface area contributed by atoms with E-state index in [0.717, 1.165) is 61.6 Å². The molecule has 0 saturated heterocycles. The minimum absolute atomic E-state index is 0.134. The number of carbonyl (C=O) groups excluding carboxylic acids is 2. The number of ether oxygens (including phenoxy) is 1. The number of fused-ring (bicyclic) bond motifs is 1. The Kier molecular flexibility index (Phi) is 6.66. The minimum atomic E-state index is -0.619. The number of aliphatic hydroxyl groups is 2. The first kappa shape index (κ1) is 20.0. The van der Waals surface area contributed by atoms with Crippen LogP contribution in [-0.2, 0) is 20.7 Å². The first-order chi connectivity index (χ1) is 13.0. The number of carbonyl (C=O) groups is 2. The van der Waals surface area contributed by atoms with Crippen LogP contribution in [-0.4, -0.2) is 35.2 Å². The fourth-order valence-electron chi connectivity index (χ4n) is 4.66. The van der Waals surface area contributed by atoms with Crippen LogP contribution in [0.1, 0.15) is 80.1 Å². The van der Waals surface area contributed by atoms with Gasteiger partial charge >= 0.3 is 5.97 Å². The van der Waals surface area contributed by atoms with Gasteiger partial charge in [0.1, 0.15) is 5.78 Å². The van der Waals surface area contributed by atoms with Crippen LogP contribution in [0.5, 0.6) is 0 Å². The molecule has 2 aliphatic rings. The molecule has 0 amide bonds. The van der Waals surface area contributed by atoms with Crippen molar-refractivity contribution in [3.05, 3.63) is 34.9 Å². The van der Waals surface area contributed by atoms with Gasteiger partial charge in [0.05, 0.1) is 19.3 Å². The van der Waals surface area contributed by atoms with Crippen LogP contribution in [0.2, 0.25) is 0 Å². The van der Waals surface area contributed by atoms with Crippen LogP contribution >= 0.6 is 0 Å². The maximum atomic E-state index is 12.4. The van der Waals surface area contributed by atoms with E-state index in [-0.39, 0.29) is 36.1 Å². The van der Waals surface area contributed by atoms with E-state index in [9.17, 15) is 19.8 Å². The predicted molar refractivity (Wildman–Crippen MR) is 101 cm³/mol. The zero-order chi connectivity index (χ0) is 19.4. The third kappa shape index (κ3) is 4.58. The normalized spacial score (nSPS) is 27.0. The molecule has 1 fully saturated rings. The Morgan fingerprint density at radius 1 is 1.19 bits per heavy atom. The minimum Gasteiger partial charge on any atom is -0.469 e. The molecule has 1 aromatic rings. The van der Waals surface area contributed by atoms with Gasteiger partial charge in [-0.25, -0.2) is 0 Å². The summed E-state index contributed by atoms with van der Waals surface area (Å²) in [5, 5.41) is 20.5. The highest BCUT2D eigenvalue weighted by atomic mass is 16.5. The lowest BCUT2D eigenvalue weighted by Crippen LogP contribution is -2.19. The third-order valence-corrected chi connectivity index (χ3v) is 6.14. The average Bonchev–Trinajstić information content (AvgIpc) is 3.16. The summed E-state index contributed by atoms with van der Waals surface area (Å²) in [5.74, 6) is -0.297. The molecular weight excluding hydrogens is 344 g/mol. The van der Waals surface area contributed by atoms with Crippen LogP contribution in [0.3, 0.4) is 0 Å². The highest BCUT2D eigenvalue weighted by Crippen LogP contribution is 2.42. The van der Waals surface area contributed by atoms with Gasteiger partial charge in [-0.15, -0.1) is 0 Å². The fraction of sp³-hybridized carbons (Fsp3) is 0.636.